The second-order valence-electron chi connectivity index (χ2n) is 9.80. The molecule has 1 saturated heterocycles. The van der Waals surface area contributed by atoms with Crippen LogP contribution >= 0.6 is 22.9 Å². The van der Waals surface area contributed by atoms with Gasteiger partial charge >= 0.3 is 5.97 Å². The van der Waals surface area contributed by atoms with Crippen LogP contribution in [-0.2, 0) is 26.3 Å². The SMILES string of the molecule is Nc1nc(Cl)nc2c1ncn2[C@@H]1O[C@H](COC(Cc2ccc(-c3ccccc3)cc2)(C(=O)O)c2cscn2)[C@@H](O)[C@H]1O. The first kappa shape index (κ1) is 28.2. The summed E-state index contributed by atoms with van der Waals surface area (Å²) in [5.74, 6) is -1.21. The molecule has 2 aromatic carbocycles. The van der Waals surface area contributed by atoms with E-state index in [9.17, 15) is 20.1 Å². The average Bonchev–Trinajstić information content (AvgIpc) is 3.73. The second kappa shape index (κ2) is 11.4. The Bertz CT molecular complexity index is 1700. The second-order valence-corrected chi connectivity index (χ2v) is 10.9. The number of hydrogen-bond acceptors (Lipinski definition) is 11. The standard InChI is InChI=1S/C28H25ClN6O6S/c29-27-33-23(30)20-24(34-27)35(13-31-20)25-22(37)21(36)18(41-25)11-40-28(26(38)39,19-12-42-14-32-19)10-15-6-8-17(9-7-15)16-4-2-1-3-5-16/h1-9,12-14,18,21-22,25,36-37H,10-11H2,(H,38,39)(H2,30,33,34)/t18-,21-,22-,25-,28?/m1/s1. The summed E-state index contributed by atoms with van der Waals surface area (Å²) in [6, 6.07) is 17.3. The van der Waals surface area contributed by atoms with E-state index in [1.54, 1.807) is 5.38 Å². The maximum absolute atomic E-state index is 12.9. The van der Waals surface area contributed by atoms with Crippen LogP contribution in [0.25, 0.3) is 22.3 Å². The number of carboxylic acids is 1. The maximum atomic E-state index is 12.9. The molecule has 0 aliphatic carbocycles. The van der Waals surface area contributed by atoms with E-state index in [4.69, 9.17) is 26.8 Å². The summed E-state index contributed by atoms with van der Waals surface area (Å²) in [6.45, 7) is -0.370. The van der Waals surface area contributed by atoms with Crippen LogP contribution in [0.5, 0.6) is 0 Å². The van der Waals surface area contributed by atoms with Gasteiger partial charge in [-0.05, 0) is 28.3 Å². The van der Waals surface area contributed by atoms with E-state index in [1.807, 2.05) is 54.6 Å². The molecule has 6 rings (SSSR count). The maximum Gasteiger partial charge on any atom is 0.342 e. The molecule has 3 aromatic heterocycles. The highest BCUT2D eigenvalue weighted by molar-refractivity contribution is 7.07. The topological polar surface area (TPSA) is 179 Å². The Labute approximate surface area is 248 Å². The number of hydrogen-bond donors (Lipinski definition) is 4. The molecule has 42 heavy (non-hydrogen) atoms. The molecule has 0 amide bonds. The quantitative estimate of drug-likeness (QED) is 0.181. The third kappa shape index (κ3) is 5.11. The summed E-state index contributed by atoms with van der Waals surface area (Å²) < 4.78 is 13.5. The molecule has 1 unspecified atom stereocenters. The van der Waals surface area contributed by atoms with Crippen LogP contribution < -0.4 is 5.73 Å². The van der Waals surface area contributed by atoms with Crippen molar-refractivity contribution in [2.24, 2.45) is 0 Å². The summed E-state index contributed by atoms with van der Waals surface area (Å²) >= 11 is 7.20. The number of ether oxygens (including phenoxy) is 2. The third-order valence-corrected chi connectivity index (χ3v) is 7.99. The minimum Gasteiger partial charge on any atom is -0.479 e. The molecular formula is C28H25ClN6O6S. The Morgan fingerprint density at radius 2 is 1.81 bits per heavy atom. The zero-order valence-electron chi connectivity index (χ0n) is 21.8. The zero-order valence-corrected chi connectivity index (χ0v) is 23.4. The number of aliphatic hydroxyl groups is 2. The van der Waals surface area contributed by atoms with Gasteiger partial charge in [-0.15, -0.1) is 11.3 Å². The lowest BCUT2D eigenvalue weighted by Gasteiger charge is -2.30. The summed E-state index contributed by atoms with van der Waals surface area (Å²) in [5, 5.41) is 33.7. The average molecular weight is 609 g/mol. The Kier molecular flexibility index (Phi) is 7.62. The van der Waals surface area contributed by atoms with Gasteiger partial charge in [0.2, 0.25) is 10.9 Å². The lowest BCUT2D eigenvalue weighted by atomic mass is 9.90. The molecule has 5 atom stereocenters. The number of aromatic nitrogens is 5. The van der Waals surface area contributed by atoms with Crippen molar-refractivity contribution in [3.05, 3.63) is 88.4 Å². The summed E-state index contributed by atoms with van der Waals surface area (Å²) in [4.78, 5) is 29.3. The molecule has 0 bridgehead atoms. The number of halogens is 1. The third-order valence-electron chi connectivity index (χ3n) is 7.23. The summed E-state index contributed by atoms with van der Waals surface area (Å²) in [7, 11) is 0. The monoisotopic (exact) mass is 608 g/mol. The van der Waals surface area contributed by atoms with E-state index in [1.165, 1.54) is 27.7 Å². The number of carboxylic acid groups (broad SMARTS) is 1. The first-order chi connectivity index (χ1) is 20.3. The van der Waals surface area contributed by atoms with Gasteiger partial charge in [0.25, 0.3) is 0 Å². The number of fused-ring (bicyclic) bond motifs is 1. The molecule has 0 saturated carbocycles. The summed E-state index contributed by atoms with van der Waals surface area (Å²) in [5.41, 5.74) is 8.90. The van der Waals surface area contributed by atoms with E-state index in [0.717, 1.165) is 11.1 Å². The first-order valence-corrected chi connectivity index (χ1v) is 14.2. The number of rotatable bonds is 9. The minimum atomic E-state index is -1.89. The summed E-state index contributed by atoms with van der Waals surface area (Å²) in [6.07, 6.45) is -3.78. The number of anilines is 1. The molecule has 1 aliphatic rings. The number of imidazole rings is 1. The van der Waals surface area contributed by atoms with Crippen molar-refractivity contribution in [1.29, 1.82) is 0 Å². The van der Waals surface area contributed by atoms with E-state index in [-0.39, 0.29) is 41.0 Å². The van der Waals surface area contributed by atoms with Gasteiger partial charge in [0.1, 0.15) is 23.8 Å². The number of aliphatic hydroxyl groups excluding tert-OH is 2. The van der Waals surface area contributed by atoms with Crippen LogP contribution in [0.4, 0.5) is 5.82 Å². The predicted molar refractivity (Wildman–Crippen MR) is 154 cm³/mol. The molecule has 0 spiro atoms. The zero-order chi connectivity index (χ0) is 29.4. The fourth-order valence-electron chi connectivity index (χ4n) is 5.03. The smallest absolute Gasteiger partial charge is 0.342 e. The van der Waals surface area contributed by atoms with Crippen molar-refractivity contribution in [3.63, 3.8) is 0 Å². The van der Waals surface area contributed by atoms with E-state index >= 15 is 0 Å². The largest absolute Gasteiger partial charge is 0.479 e. The van der Waals surface area contributed by atoms with Gasteiger partial charge in [0, 0.05) is 11.8 Å². The highest BCUT2D eigenvalue weighted by atomic mass is 35.5. The Balaban J connectivity index is 1.25. The normalized spacial score (nSPS) is 21.9. The molecule has 5 aromatic rings. The Hall–Kier alpha value is -3.98. The van der Waals surface area contributed by atoms with E-state index in [2.05, 4.69) is 19.9 Å². The van der Waals surface area contributed by atoms with Gasteiger partial charge in [-0.3, -0.25) is 4.57 Å². The molecule has 216 valence electrons. The molecular weight excluding hydrogens is 584 g/mol. The van der Waals surface area contributed by atoms with Crippen molar-refractivity contribution in [2.45, 2.75) is 36.6 Å². The van der Waals surface area contributed by atoms with Gasteiger partial charge < -0.3 is 30.5 Å². The van der Waals surface area contributed by atoms with Crippen molar-refractivity contribution in [1.82, 2.24) is 24.5 Å². The van der Waals surface area contributed by atoms with Gasteiger partial charge in [-0.2, -0.15) is 9.97 Å². The number of thiazole rings is 1. The van der Waals surface area contributed by atoms with Crippen LogP contribution in [0.2, 0.25) is 5.28 Å². The molecule has 4 heterocycles. The Morgan fingerprint density at radius 3 is 2.50 bits per heavy atom. The number of nitrogens with two attached hydrogens (primary N) is 1. The Morgan fingerprint density at radius 1 is 1.07 bits per heavy atom. The highest BCUT2D eigenvalue weighted by Gasteiger charge is 2.49. The number of benzene rings is 2. The van der Waals surface area contributed by atoms with Crippen molar-refractivity contribution >= 4 is 45.9 Å². The van der Waals surface area contributed by atoms with E-state index in [0.29, 0.717) is 5.56 Å². The van der Waals surface area contributed by atoms with Gasteiger partial charge in [-0.1, -0.05) is 54.6 Å². The van der Waals surface area contributed by atoms with Crippen LogP contribution in [-0.4, -0.2) is 70.7 Å². The highest BCUT2D eigenvalue weighted by Crippen LogP contribution is 2.36. The molecule has 1 aliphatic heterocycles. The van der Waals surface area contributed by atoms with Gasteiger partial charge in [0.05, 0.1) is 24.1 Å². The number of aliphatic carboxylic acids is 1. The van der Waals surface area contributed by atoms with Crippen molar-refractivity contribution in [2.75, 3.05) is 12.3 Å². The fraction of sp³-hybridized carbons (Fsp3) is 0.250. The lowest BCUT2D eigenvalue weighted by Crippen LogP contribution is -2.44. The number of nitrogen functional groups attached to an aromatic ring is 1. The fourth-order valence-corrected chi connectivity index (χ4v) is 5.81. The van der Waals surface area contributed by atoms with Crippen molar-refractivity contribution in [3.8, 4) is 11.1 Å². The number of nitrogens with zero attached hydrogens (tertiary/aromatic N) is 5. The van der Waals surface area contributed by atoms with Gasteiger partial charge in [0.15, 0.2) is 17.7 Å². The van der Waals surface area contributed by atoms with Crippen LogP contribution in [0.15, 0.2) is 71.8 Å². The molecule has 12 nitrogen and oxygen atoms in total. The van der Waals surface area contributed by atoms with Crippen LogP contribution in [0.3, 0.4) is 0 Å². The van der Waals surface area contributed by atoms with E-state index < -0.39 is 36.1 Å². The van der Waals surface area contributed by atoms with Gasteiger partial charge in [-0.25, -0.2) is 14.8 Å². The predicted octanol–water partition coefficient (Wildman–Crippen LogP) is 3.04. The minimum absolute atomic E-state index is 0.0444. The molecule has 5 N–H and O–H groups in total. The number of carbonyl (C=O) groups is 1. The van der Waals surface area contributed by atoms with Crippen LogP contribution in [0.1, 0.15) is 17.5 Å². The van der Waals surface area contributed by atoms with Crippen LogP contribution in [0, 0.1) is 0 Å². The lowest BCUT2D eigenvalue weighted by molar-refractivity contribution is -0.177. The first-order valence-electron chi connectivity index (χ1n) is 12.8. The van der Waals surface area contributed by atoms with Crippen molar-refractivity contribution < 1.29 is 29.6 Å². The molecule has 0 radical (unpaired) electrons. The molecule has 1 fully saturated rings. The molecule has 14 heteroatoms.